The molecule has 1 aliphatic carbocycles. The number of rotatable bonds is 4. The Balaban J connectivity index is 1.66. The van der Waals surface area contributed by atoms with Gasteiger partial charge < -0.3 is 10.1 Å². The van der Waals surface area contributed by atoms with Gasteiger partial charge in [-0.05, 0) is 42.7 Å². The molecule has 0 heterocycles. The SMILES string of the molecule is COc1ccc(C[NH2+]C2CCCc3ccccc32)cc1. The lowest BCUT2D eigenvalue weighted by molar-refractivity contribution is -0.712. The van der Waals surface area contributed by atoms with Crippen molar-refractivity contribution in [2.45, 2.75) is 31.8 Å². The van der Waals surface area contributed by atoms with Gasteiger partial charge in [0.25, 0.3) is 0 Å². The Bertz CT molecular complexity index is 562. The van der Waals surface area contributed by atoms with Crippen LogP contribution in [0.4, 0.5) is 0 Å². The number of quaternary nitrogens is 1. The Hall–Kier alpha value is -1.80. The molecule has 0 amide bonds. The summed E-state index contributed by atoms with van der Waals surface area (Å²) in [5.41, 5.74) is 4.43. The number of benzene rings is 2. The van der Waals surface area contributed by atoms with E-state index in [1.165, 1.54) is 36.0 Å². The predicted octanol–water partition coefficient (Wildman–Crippen LogP) is 2.84. The van der Waals surface area contributed by atoms with Gasteiger partial charge in [0.1, 0.15) is 18.3 Å². The van der Waals surface area contributed by atoms with Crippen LogP contribution in [0.2, 0.25) is 0 Å². The molecule has 2 heteroatoms. The van der Waals surface area contributed by atoms with E-state index in [1.807, 2.05) is 12.1 Å². The van der Waals surface area contributed by atoms with E-state index in [4.69, 9.17) is 4.74 Å². The second-order valence-electron chi connectivity index (χ2n) is 5.49. The Labute approximate surface area is 120 Å². The molecule has 3 rings (SSSR count). The summed E-state index contributed by atoms with van der Waals surface area (Å²) in [5, 5.41) is 2.47. The molecule has 0 aromatic heterocycles. The van der Waals surface area contributed by atoms with Crippen LogP contribution in [0.25, 0.3) is 0 Å². The molecule has 0 spiro atoms. The van der Waals surface area contributed by atoms with Crippen molar-refractivity contribution in [3.05, 3.63) is 65.2 Å². The van der Waals surface area contributed by atoms with Crippen molar-refractivity contribution in [3.8, 4) is 5.75 Å². The third-order valence-electron chi connectivity index (χ3n) is 4.21. The summed E-state index contributed by atoms with van der Waals surface area (Å²) in [6.07, 6.45) is 3.83. The highest BCUT2D eigenvalue weighted by atomic mass is 16.5. The van der Waals surface area contributed by atoms with Gasteiger partial charge in [-0.15, -0.1) is 0 Å². The number of aryl methyl sites for hydroxylation is 1. The molecular weight excluding hydrogens is 246 g/mol. The highest BCUT2D eigenvalue weighted by Crippen LogP contribution is 2.26. The van der Waals surface area contributed by atoms with Crippen LogP contribution in [0.15, 0.2) is 48.5 Å². The molecule has 2 N–H and O–H groups in total. The number of fused-ring (bicyclic) bond motifs is 1. The number of ether oxygens (including phenoxy) is 1. The molecular formula is C18H22NO+. The van der Waals surface area contributed by atoms with Gasteiger partial charge in [0.2, 0.25) is 0 Å². The van der Waals surface area contributed by atoms with Gasteiger partial charge in [-0.1, -0.05) is 24.3 Å². The zero-order chi connectivity index (χ0) is 13.8. The topological polar surface area (TPSA) is 25.8 Å². The third kappa shape index (κ3) is 2.86. The fourth-order valence-corrected chi connectivity index (χ4v) is 3.08. The van der Waals surface area contributed by atoms with Crippen LogP contribution in [0.1, 0.15) is 35.6 Å². The van der Waals surface area contributed by atoms with Crippen molar-refractivity contribution in [1.29, 1.82) is 0 Å². The van der Waals surface area contributed by atoms with Crippen molar-refractivity contribution in [3.63, 3.8) is 0 Å². The smallest absolute Gasteiger partial charge is 0.118 e. The van der Waals surface area contributed by atoms with E-state index in [9.17, 15) is 0 Å². The minimum Gasteiger partial charge on any atom is -0.497 e. The molecule has 1 aliphatic rings. The summed E-state index contributed by atoms with van der Waals surface area (Å²) in [6.45, 7) is 1.03. The van der Waals surface area contributed by atoms with Crippen LogP contribution in [-0.4, -0.2) is 7.11 Å². The van der Waals surface area contributed by atoms with Crippen molar-refractivity contribution in [2.75, 3.05) is 7.11 Å². The van der Waals surface area contributed by atoms with Crippen LogP contribution < -0.4 is 10.1 Å². The van der Waals surface area contributed by atoms with Crippen molar-refractivity contribution < 1.29 is 10.1 Å². The van der Waals surface area contributed by atoms with E-state index in [0.717, 1.165) is 12.3 Å². The minimum absolute atomic E-state index is 0.613. The minimum atomic E-state index is 0.613. The lowest BCUT2D eigenvalue weighted by Crippen LogP contribution is -2.84. The summed E-state index contributed by atoms with van der Waals surface area (Å²) in [7, 11) is 1.71. The summed E-state index contributed by atoms with van der Waals surface area (Å²) in [5.74, 6) is 0.928. The first-order valence-corrected chi connectivity index (χ1v) is 7.41. The molecule has 2 aromatic rings. The van der Waals surface area contributed by atoms with E-state index in [1.54, 1.807) is 7.11 Å². The molecule has 104 valence electrons. The predicted molar refractivity (Wildman–Crippen MR) is 80.7 cm³/mol. The van der Waals surface area contributed by atoms with Gasteiger partial charge in [0.15, 0.2) is 0 Å². The van der Waals surface area contributed by atoms with Crippen LogP contribution in [0.5, 0.6) is 5.75 Å². The fraction of sp³-hybridized carbons (Fsp3) is 0.333. The first kappa shape index (κ1) is 13.2. The highest BCUT2D eigenvalue weighted by Gasteiger charge is 2.21. The molecule has 1 unspecified atom stereocenters. The fourth-order valence-electron chi connectivity index (χ4n) is 3.08. The first-order valence-electron chi connectivity index (χ1n) is 7.41. The van der Waals surface area contributed by atoms with Crippen molar-refractivity contribution >= 4 is 0 Å². The molecule has 0 fully saturated rings. The van der Waals surface area contributed by atoms with E-state index in [2.05, 4.69) is 41.7 Å². The average molecular weight is 268 g/mol. The molecule has 0 radical (unpaired) electrons. The van der Waals surface area contributed by atoms with Crippen LogP contribution in [0.3, 0.4) is 0 Å². The molecule has 2 nitrogen and oxygen atoms in total. The Kier molecular flexibility index (Phi) is 4.03. The third-order valence-corrected chi connectivity index (χ3v) is 4.21. The van der Waals surface area contributed by atoms with Gasteiger partial charge in [0.05, 0.1) is 7.11 Å². The average Bonchev–Trinajstić information content (AvgIpc) is 2.53. The van der Waals surface area contributed by atoms with E-state index in [-0.39, 0.29) is 0 Å². The summed E-state index contributed by atoms with van der Waals surface area (Å²) in [6, 6.07) is 17.9. The number of methoxy groups -OCH3 is 1. The molecule has 2 aromatic carbocycles. The molecule has 0 aliphatic heterocycles. The lowest BCUT2D eigenvalue weighted by Gasteiger charge is -2.23. The Morgan fingerprint density at radius 3 is 2.70 bits per heavy atom. The summed E-state index contributed by atoms with van der Waals surface area (Å²) < 4.78 is 5.20. The van der Waals surface area contributed by atoms with Gasteiger partial charge >= 0.3 is 0 Å². The molecule has 0 bridgehead atoms. The second kappa shape index (κ2) is 6.10. The maximum atomic E-state index is 5.20. The highest BCUT2D eigenvalue weighted by molar-refractivity contribution is 5.31. The van der Waals surface area contributed by atoms with E-state index in [0.29, 0.717) is 6.04 Å². The van der Waals surface area contributed by atoms with Gasteiger partial charge in [0, 0.05) is 17.5 Å². The Morgan fingerprint density at radius 1 is 1.10 bits per heavy atom. The monoisotopic (exact) mass is 268 g/mol. The van der Waals surface area contributed by atoms with Crippen molar-refractivity contribution in [2.24, 2.45) is 0 Å². The number of hydrogen-bond acceptors (Lipinski definition) is 1. The molecule has 1 atom stereocenters. The van der Waals surface area contributed by atoms with Gasteiger partial charge in [-0.2, -0.15) is 0 Å². The van der Waals surface area contributed by atoms with Gasteiger partial charge in [-0.3, -0.25) is 0 Å². The summed E-state index contributed by atoms with van der Waals surface area (Å²) in [4.78, 5) is 0. The number of hydrogen-bond donors (Lipinski definition) is 1. The van der Waals surface area contributed by atoms with E-state index >= 15 is 0 Å². The van der Waals surface area contributed by atoms with Crippen molar-refractivity contribution in [1.82, 2.24) is 0 Å². The lowest BCUT2D eigenvalue weighted by atomic mass is 9.87. The quantitative estimate of drug-likeness (QED) is 0.906. The second-order valence-corrected chi connectivity index (χ2v) is 5.49. The van der Waals surface area contributed by atoms with Gasteiger partial charge in [-0.25, -0.2) is 0 Å². The van der Waals surface area contributed by atoms with E-state index < -0.39 is 0 Å². The van der Waals surface area contributed by atoms with Crippen LogP contribution in [-0.2, 0) is 13.0 Å². The largest absolute Gasteiger partial charge is 0.497 e. The molecule has 0 saturated heterocycles. The maximum absolute atomic E-state index is 5.20. The zero-order valence-corrected chi connectivity index (χ0v) is 12.0. The summed E-state index contributed by atoms with van der Waals surface area (Å²) >= 11 is 0. The zero-order valence-electron chi connectivity index (χ0n) is 12.0. The first-order chi connectivity index (χ1) is 9.86. The normalized spacial score (nSPS) is 17.6. The van der Waals surface area contributed by atoms with Crippen LogP contribution >= 0.6 is 0 Å². The molecule has 0 saturated carbocycles. The Morgan fingerprint density at radius 2 is 1.90 bits per heavy atom. The number of nitrogens with two attached hydrogens (primary N) is 1. The maximum Gasteiger partial charge on any atom is 0.118 e. The van der Waals surface area contributed by atoms with Crippen LogP contribution in [0, 0.1) is 0 Å². The molecule has 20 heavy (non-hydrogen) atoms. The standard InChI is InChI=1S/C18H21NO/c1-20-16-11-9-14(10-12-16)13-19-18-8-4-6-15-5-2-3-7-17(15)18/h2-3,5,7,9-12,18-19H,4,6,8,13H2,1H3/p+1.